The molecule has 1 N–H and O–H groups in total. The number of fused-ring (bicyclic) bond motifs is 3. The Morgan fingerprint density at radius 2 is 1.06 bits per heavy atom. The number of aliphatic hydroxyl groups is 1. The van der Waals surface area contributed by atoms with Gasteiger partial charge in [0.05, 0.1) is 29.5 Å². The Morgan fingerprint density at radius 3 is 1.63 bits per heavy atom. The van der Waals surface area contributed by atoms with Gasteiger partial charge in [-0.15, -0.1) is 0 Å². The average molecular weight is 941 g/mol. The zero-order valence-electron chi connectivity index (χ0n) is 36.6. The Morgan fingerprint density at radius 1 is 0.554 bits per heavy atom. The third kappa shape index (κ3) is 6.69. The van der Waals surface area contributed by atoms with Crippen LogP contribution in [0.1, 0.15) is 110 Å². The molecule has 13 rings (SSSR count). The van der Waals surface area contributed by atoms with Crippen LogP contribution in [0.2, 0.25) is 0 Å². The minimum atomic E-state index is -4.54. The third-order valence-electron chi connectivity index (χ3n) is 18.8. The fourth-order valence-corrected chi connectivity index (χ4v) is 15.8. The predicted octanol–water partition coefficient (Wildman–Crippen LogP) is 7.83. The Hall–Kier alpha value is -1.90. The summed E-state index contributed by atoms with van der Waals surface area (Å²) >= 11 is 0. The van der Waals surface area contributed by atoms with Crippen LogP contribution in [0.4, 0.5) is 35.1 Å². The number of hydrogen-bond donors (Lipinski definition) is 1. The molecule has 19 heteroatoms. The van der Waals surface area contributed by atoms with E-state index in [0.717, 1.165) is 25.7 Å². The van der Waals surface area contributed by atoms with Crippen molar-refractivity contribution in [1.82, 2.24) is 0 Å². The molecule has 0 amide bonds. The summed E-state index contributed by atoms with van der Waals surface area (Å²) in [5, 5.41) is 12.1. The summed E-state index contributed by atoms with van der Waals surface area (Å²) in [4.78, 5) is 29.0. The summed E-state index contributed by atoms with van der Waals surface area (Å²) in [6.45, 7) is -4.72. The second kappa shape index (κ2) is 14.6. The second-order valence-corrected chi connectivity index (χ2v) is 23.0. The first kappa shape index (κ1) is 45.5. The standard InChI is InChI=1S/C46H60F8O11/c1-2-26-5-27-3-4-40(30(6-26)7-27)60-20-36(21-61-40,18-58-34(55)37-11-28-8-31(14-37)45(32(9-28)15-37)62-22-41(47,48)42(49,50)23-63-45)19-59-35(56)38-12-29-10-33(16-38)46(39(57,13-29)17-38)64-24-43(51,52)44(53,54)25-65-46/h26-33,57H,2-25H2,1H3. The van der Waals surface area contributed by atoms with Crippen LogP contribution in [-0.4, -0.2) is 117 Å². The number of carbonyl (C=O) groups excluding carboxylic acids is 2. The molecule has 3 heterocycles. The van der Waals surface area contributed by atoms with Gasteiger partial charge in [-0.3, -0.25) is 9.59 Å². The van der Waals surface area contributed by atoms with Gasteiger partial charge in [-0.25, -0.2) is 0 Å². The smallest absolute Gasteiger partial charge is 0.335 e. The Balaban J connectivity index is 0.819. The van der Waals surface area contributed by atoms with E-state index in [-0.39, 0.29) is 76.3 Å². The Bertz CT molecular complexity index is 1870. The number of halogens is 8. The first-order valence-corrected chi connectivity index (χ1v) is 23.9. The highest BCUT2D eigenvalue weighted by atomic mass is 19.3. The van der Waals surface area contributed by atoms with Gasteiger partial charge >= 0.3 is 35.6 Å². The molecular weight excluding hydrogens is 880 g/mol. The van der Waals surface area contributed by atoms with Gasteiger partial charge in [0.15, 0.2) is 11.6 Å². The highest BCUT2D eigenvalue weighted by molar-refractivity contribution is 5.78. The van der Waals surface area contributed by atoms with Crippen LogP contribution in [0.5, 0.6) is 0 Å². The maximum absolute atomic E-state index is 14.5. The fourth-order valence-electron chi connectivity index (χ4n) is 15.8. The van der Waals surface area contributed by atoms with Gasteiger partial charge in [-0.1, -0.05) is 13.3 Å². The van der Waals surface area contributed by atoms with Gasteiger partial charge < -0.3 is 43.0 Å². The number of ether oxygens (including phenoxy) is 8. The molecule has 3 spiro atoms. The molecule has 0 aromatic carbocycles. The van der Waals surface area contributed by atoms with E-state index < -0.39 is 119 Å². The summed E-state index contributed by atoms with van der Waals surface area (Å²) in [6.07, 6.45) is 7.65. The van der Waals surface area contributed by atoms with E-state index in [4.69, 9.17) is 37.9 Å². The molecule has 10 saturated carbocycles. The van der Waals surface area contributed by atoms with E-state index in [1.165, 1.54) is 6.42 Å². The van der Waals surface area contributed by atoms with E-state index in [9.17, 15) is 49.8 Å². The van der Waals surface area contributed by atoms with E-state index in [2.05, 4.69) is 6.92 Å². The van der Waals surface area contributed by atoms with Crippen molar-refractivity contribution in [2.24, 2.45) is 63.6 Å². The second-order valence-electron chi connectivity index (χ2n) is 23.0. The zero-order valence-corrected chi connectivity index (χ0v) is 36.6. The number of carbonyl (C=O) groups is 2. The van der Waals surface area contributed by atoms with Crippen LogP contribution < -0.4 is 0 Å². The summed E-state index contributed by atoms with van der Waals surface area (Å²) in [7, 11) is 0. The van der Waals surface area contributed by atoms with Crippen LogP contribution in [-0.2, 0) is 47.5 Å². The summed E-state index contributed by atoms with van der Waals surface area (Å²) in [6, 6.07) is 0. The average Bonchev–Trinajstić information content (AvgIpc) is 3.41. The van der Waals surface area contributed by atoms with Crippen molar-refractivity contribution in [3.8, 4) is 0 Å². The third-order valence-corrected chi connectivity index (χ3v) is 18.8. The van der Waals surface area contributed by atoms with Gasteiger partial charge in [-0.2, -0.15) is 35.1 Å². The van der Waals surface area contributed by atoms with E-state index in [0.29, 0.717) is 50.4 Å². The lowest BCUT2D eigenvalue weighted by Crippen LogP contribution is -2.74. The molecule has 0 aromatic heterocycles. The van der Waals surface area contributed by atoms with Gasteiger partial charge in [0, 0.05) is 30.1 Å². The lowest BCUT2D eigenvalue weighted by Gasteiger charge is -2.66. The van der Waals surface area contributed by atoms with Gasteiger partial charge in [-0.05, 0) is 114 Å². The Labute approximate surface area is 371 Å². The van der Waals surface area contributed by atoms with E-state index in [1.807, 2.05) is 0 Å². The molecule has 9 atom stereocenters. The van der Waals surface area contributed by atoms with Crippen LogP contribution in [0.25, 0.3) is 0 Å². The number of hydrogen-bond acceptors (Lipinski definition) is 11. The molecule has 10 bridgehead atoms. The molecule has 9 unspecified atom stereocenters. The highest BCUT2D eigenvalue weighted by Gasteiger charge is 2.76. The maximum Gasteiger partial charge on any atom is 0.335 e. The highest BCUT2D eigenvalue weighted by Crippen LogP contribution is 2.69. The molecule has 3 saturated heterocycles. The van der Waals surface area contributed by atoms with E-state index >= 15 is 0 Å². The molecule has 0 radical (unpaired) electrons. The molecular formula is C46H60F8O11. The first-order valence-electron chi connectivity index (χ1n) is 23.9. The van der Waals surface area contributed by atoms with Crippen LogP contribution in [0, 0.1) is 63.6 Å². The van der Waals surface area contributed by atoms with Gasteiger partial charge in [0.25, 0.3) is 0 Å². The van der Waals surface area contributed by atoms with Crippen molar-refractivity contribution in [3.63, 3.8) is 0 Å². The van der Waals surface area contributed by atoms with Crippen LogP contribution in [0.3, 0.4) is 0 Å². The van der Waals surface area contributed by atoms with Crippen LogP contribution in [0.15, 0.2) is 0 Å². The predicted molar refractivity (Wildman–Crippen MR) is 205 cm³/mol. The zero-order chi connectivity index (χ0) is 45.9. The van der Waals surface area contributed by atoms with Crippen molar-refractivity contribution in [3.05, 3.63) is 0 Å². The quantitative estimate of drug-likeness (QED) is 0.198. The monoisotopic (exact) mass is 940 g/mol. The first-order chi connectivity index (χ1) is 30.5. The van der Waals surface area contributed by atoms with Crippen molar-refractivity contribution in [2.45, 2.75) is 156 Å². The topological polar surface area (TPSA) is 128 Å². The molecule has 11 nitrogen and oxygen atoms in total. The number of rotatable bonds is 7. The van der Waals surface area contributed by atoms with Crippen molar-refractivity contribution in [1.29, 1.82) is 0 Å². The molecule has 65 heavy (non-hydrogen) atoms. The van der Waals surface area contributed by atoms with E-state index in [1.54, 1.807) is 0 Å². The molecule has 13 aliphatic rings. The molecule has 0 aromatic rings. The van der Waals surface area contributed by atoms with Crippen molar-refractivity contribution >= 4 is 11.9 Å². The van der Waals surface area contributed by atoms with Crippen molar-refractivity contribution in [2.75, 3.05) is 52.9 Å². The summed E-state index contributed by atoms with van der Waals surface area (Å²) in [5.74, 6) is -25.0. The molecule has 13 fully saturated rings. The molecule has 10 aliphatic carbocycles. The normalized spacial score (nSPS) is 48.8. The van der Waals surface area contributed by atoms with Crippen molar-refractivity contribution < 1.29 is 87.7 Å². The lowest BCUT2D eigenvalue weighted by atomic mass is 9.45. The van der Waals surface area contributed by atoms with Crippen LogP contribution >= 0.6 is 0 Å². The lowest BCUT2D eigenvalue weighted by molar-refractivity contribution is -0.398. The minimum absolute atomic E-state index is 0.00286. The Kier molecular flexibility index (Phi) is 10.2. The maximum atomic E-state index is 14.5. The van der Waals surface area contributed by atoms with Gasteiger partial charge in [0.2, 0.25) is 5.79 Å². The fraction of sp³-hybridized carbons (Fsp3) is 0.957. The number of alkyl halides is 8. The number of esters is 2. The van der Waals surface area contributed by atoms with Gasteiger partial charge in [0.1, 0.15) is 45.2 Å². The SMILES string of the molecule is CCC1CC2CCC3(OCC(COC(=O)C45CC6CC(C4)C4(OCC(F)(F)C(F)(F)CO4)C(C6)C5)(COC(=O)C45CC6CC(C4)C4(OCC(F)(F)C(F)(F)CO4)C(O)(C6)C5)CO3)C(C1)C2. The molecule has 366 valence electrons. The summed E-state index contributed by atoms with van der Waals surface area (Å²) in [5.41, 5.74) is -5.61. The minimum Gasteiger partial charge on any atom is -0.464 e. The summed E-state index contributed by atoms with van der Waals surface area (Å²) < 4.78 is 164. The molecule has 3 aliphatic heterocycles. The largest absolute Gasteiger partial charge is 0.464 e.